The molecular formula is C18H22N2O. The molecule has 3 nitrogen and oxygen atoms in total. The third-order valence-corrected chi connectivity index (χ3v) is 3.37. The van der Waals surface area contributed by atoms with Gasteiger partial charge in [-0.15, -0.1) is 0 Å². The first-order chi connectivity index (χ1) is 10.3. The SMILES string of the molecule is CC(=O)NCCNC(Cc1ccccc1)c1ccccc1. The zero-order chi connectivity index (χ0) is 14.9. The minimum absolute atomic E-state index is 0.0103. The number of nitrogens with one attached hydrogen (secondary N) is 2. The van der Waals surface area contributed by atoms with Crippen LogP contribution in [0.15, 0.2) is 60.7 Å². The second kappa shape index (κ2) is 8.22. The molecule has 0 fully saturated rings. The van der Waals surface area contributed by atoms with Gasteiger partial charge in [0.25, 0.3) is 0 Å². The Morgan fingerprint density at radius 1 is 0.952 bits per heavy atom. The molecule has 0 aliphatic carbocycles. The van der Waals surface area contributed by atoms with Crippen molar-refractivity contribution in [3.05, 3.63) is 71.8 Å². The first-order valence-corrected chi connectivity index (χ1v) is 7.32. The van der Waals surface area contributed by atoms with Gasteiger partial charge in [-0.25, -0.2) is 0 Å². The molecular weight excluding hydrogens is 260 g/mol. The lowest BCUT2D eigenvalue weighted by Gasteiger charge is -2.19. The third-order valence-electron chi connectivity index (χ3n) is 3.37. The highest BCUT2D eigenvalue weighted by Crippen LogP contribution is 2.17. The van der Waals surface area contributed by atoms with E-state index in [1.165, 1.54) is 11.1 Å². The molecule has 0 saturated carbocycles. The van der Waals surface area contributed by atoms with Crippen LogP contribution in [0, 0.1) is 0 Å². The molecule has 0 aliphatic rings. The fourth-order valence-corrected chi connectivity index (χ4v) is 2.33. The first kappa shape index (κ1) is 15.3. The summed E-state index contributed by atoms with van der Waals surface area (Å²) < 4.78 is 0. The highest BCUT2D eigenvalue weighted by atomic mass is 16.1. The molecule has 1 amide bonds. The highest BCUT2D eigenvalue weighted by Gasteiger charge is 2.11. The fraction of sp³-hybridized carbons (Fsp3) is 0.278. The van der Waals surface area contributed by atoms with Gasteiger partial charge in [-0.05, 0) is 17.5 Å². The average molecular weight is 282 g/mol. The molecule has 3 heteroatoms. The standard InChI is InChI=1S/C18H22N2O/c1-15(21)19-12-13-20-18(17-10-6-3-7-11-17)14-16-8-4-2-5-9-16/h2-11,18,20H,12-14H2,1H3,(H,19,21). The van der Waals surface area contributed by atoms with Gasteiger partial charge in [0.05, 0.1) is 0 Å². The van der Waals surface area contributed by atoms with Crippen molar-refractivity contribution >= 4 is 5.91 Å². The number of rotatable bonds is 7. The highest BCUT2D eigenvalue weighted by molar-refractivity contribution is 5.72. The number of hydrogen-bond acceptors (Lipinski definition) is 2. The largest absolute Gasteiger partial charge is 0.355 e. The molecule has 2 N–H and O–H groups in total. The van der Waals surface area contributed by atoms with E-state index in [0.717, 1.165) is 13.0 Å². The normalized spacial score (nSPS) is 11.9. The van der Waals surface area contributed by atoms with Gasteiger partial charge in [0, 0.05) is 26.1 Å². The van der Waals surface area contributed by atoms with E-state index in [0.29, 0.717) is 6.54 Å². The number of hydrogen-bond donors (Lipinski definition) is 2. The van der Waals surface area contributed by atoms with Gasteiger partial charge < -0.3 is 10.6 Å². The summed E-state index contributed by atoms with van der Waals surface area (Å²) in [4.78, 5) is 10.9. The third kappa shape index (κ3) is 5.40. The van der Waals surface area contributed by atoms with Crippen molar-refractivity contribution in [1.82, 2.24) is 10.6 Å². The predicted octanol–water partition coefficient (Wildman–Crippen LogP) is 2.70. The average Bonchev–Trinajstić information content (AvgIpc) is 2.52. The van der Waals surface area contributed by atoms with Gasteiger partial charge in [-0.1, -0.05) is 60.7 Å². The summed E-state index contributed by atoms with van der Waals surface area (Å²) in [7, 11) is 0. The van der Waals surface area contributed by atoms with Crippen LogP contribution in [0.2, 0.25) is 0 Å². The fourth-order valence-electron chi connectivity index (χ4n) is 2.33. The lowest BCUT2D eigenvalue weighted by Crippen LogP contribution is -2.33. The number of benzene rings is 2. The maximum absolute atomic E-state index is 10.9. The van der Waals surface area contributed by atoms with E-state index < -0.39 is 0 Å². The van der Waals surface area contributed by atoms with Crippen LogP contribution < -0.4 is 10.6 Å². The smallest absolute Gasteiger partial charge is 0.216 e. The van der Waals surface area contributed by atoms with Crippen molar-refractivity contribution < 1.29 is 4.79 Å². The van der Waals surface area contributed by atoms with Crippen LogP contribution in [-0.4, -0.2) is 19.0 Å². The summed E-state index contributed by atoms with van der Waals surface area (Å²) in [6.07, 6.45) is 0.935. The van der Waals surface area contributed by atoms with Crippen LogP contribution in [0.4, 0.5) is 0 Å². The Morgan fingerprint density at radius 2 is 1.57 bits per heavy atom. The quantitative estimate of drug-likeness (QED) is 0.767. The molecule has 2 aromatic carbocycles. The predicted molar refractivity (Wildman–Crippen MR) is 86.0 cm³/mol. The maximum atomic E-state index is 10.9. The summed E-state index contributed by atoms with van der Waals surface area (Å²) in [5.74, 6) is 0.0103. The topological polar surface area (TPSA) is 41.1 Å². The van der Waals surface area contributed by atoms with E-state index in [9.17, 15) is 4.79 Å². The Kier molecular flexibility index (Phi) is 5.98. The number of carbonyl (C=O) groups is 1. The van der Waals surface area contributed by atoms with Gasteiger partial charge in [0.2, 0.25) is 5.91 Å². The molecule has 0 spiro atoms. The van der Waals surface area contributed by atoms with Gasteiger partial charge in [0.15, 0.2) is 0 Å². The Balaban J connectivity index is 1.99. The summed E-state index contributed by atoms with van der Waals surface area (Å²) in [5.41, 5.74) is 2.57. The molecule has 21 heavy (non-hydrogen) atoms. The van der Waals surface area contributed by atoms with E-state index in [1.807, 2.05) is 12.1 Å². The van der Waals surface area contributed by atoms with E-state index in [4.69, 9.17) is 0 Å². The molecule has 0 heterocycles. The first-order valence-electron chi connectivity index (χ1n) is 7.32. The van der Waals surface area contributed by atoms with Crippen LogP contribution in [0.5, 0.6) is 0 Å². The second-order valence-corrected chi connectivity index (χ2v) is 5.09. The van der Waals surface area contributed by atoms with Gasteiger partial charge in [0.1, 0.15) is 0 Å². The lowest BCUT2D eigenvalue weighted by atomic mass is 9.99. The van der Waals surface area contributed by atoms with Crippen molar-refractivity contribution in [3.8, 4) is 0 Å². The molecule has 0 saturated heterocycles. The van der Waals surface area contributed by atoms with E-state index >= 15 is 0 Å². The minimum Gasteiger partial charge on any atom is -0.355 e. The molecule has 2 rings (SSSR count). The molecule has 0 radical (unpaired) electrons. The van der Waals surface area contributed by atoms with E-state index in [2.05, 4.69) is 59.2 Å². The zero-order valence-electron chi connectivity index (χ0n) is 12.4. The maximum Gasteiger partial charge on any atom is 0.216 e. The molecule has 1 atom stereocenters. The number of amides is 1. The summed E-state index contributed by atoms with van der Waals surface area (Å²) in [6.45, 7) is 2.94. The van der Waals surface area contributed by atoms with Crippen molar-refractivity contribution in [1.29, 1.82) is 0 Å². The summed E-state index contributed by atoms with van der Waals surface area (Å²) >= 11 is 0. The zero-order valence-corrected chi connectivity index (χ0v) is 12.4. The summed E-state index contributed by atoms with van der Waals surface area (Å²) in [5, 5.41) is 6.34. The van der Waals surface area contributed by atoms with Crippen LogP contribution in [0.25, 0.3) is 0 Å². The van der Waals surface area contributed by atoms with Crippen LogP contribution in [0.3, 0.4) is 0 Å². The Morgan fingerprint density at radius 3 is 2.19 bits per heavy atom. The lowest BCUT2D eigenvalue weighted by molar-refractivity contribution is -0.118. The second-order valence-electron chi connectivity index (χ2n) is 5.09. The van der Waals surface area contributed by atoms with Gasteiger partial charge >= 0.3 is 0 Å². The minimum atomic E-state index is 0.0103. The van der Waals surface area contributed by atoms with Crippen LogP contribution >= 0.6 is 0 Å². The van der Waals surface area contributed by atoms with Gasteiger partial charge in [-0.2, -0.15) is 0 Å². The molecule has 1 unspecified atom stereocenters. The number of carbonyl (C=O) groups excluding carboxylic acids is 1. The molecule has 2 aromatic rings. The monoisotopic (exact) mass is 282 g/mol. The van der Waals surface area contributed by atoms with Crippen molar-refractivity contribution in [2.45, 2.75) is 19.4 Å². The molecule has 110 valence electrons. The van der Waals surface area contributed by atoms with E-state index in [1.54, 1.807) is 6.92 Å². The molecule has 0 aromatic heterocycles. The van der Waals surface area contributed by atoms with Crippen molar-refractivity contribution in [2.24, 2.45) is 0 Å². The Hall–Kier alpha value is -2.13. The van der Waals surface area contributed by atoms with E-state index in [-0.39, 0.29) is 11.9 Å². The summed E-state index contributed by atoms with van der Waals surface area (Å²) in [6, 6.07) is 21.1. The Bertz CT molecular complexity index is 540. The molecule has 0 aliphatic heterocycles. The van der Waals surface area contributed by atoms with Crippen molar-refractivity contribution in [2.75, 3.05) is 13.1 Å². The van der Waals surface area contributed by atoms with Gasteiger partial charge in [-0.3, -0.25) is 4.79 Å². The van der Waals surface area contributed by atoms with Crippen molar-refractivity contribution in [3.63, 3.8) is 0 Å². The Labute approximate surface area is 126 Å². The van der Waals surface area contributed by atoms with Crippen LogP contribution in [0.1, 0.15) is 24.1 Å². The molecule has 0 bridgehead atoms. The van der Waals surface area contributed by atoms with Crippen LogP contribution in [-0.2, 0) is 11.2 Å².